The Morgan fingerprint density at radius 1 is 1.55 bits per heavy atom. The number of hydrogen-bond donors (Lipinski definition) is 2. The second kappa shape index (κ2) is 7.96. The monoisotopic (exact) mass is 317 g/mol. The highest BCUT2D eigenvalue weighted by molar-refractivity contribution is 7.15. The van der Waals surface area contributed by atoms with Crippen molar-refractivity contribution in [2.75, 3.05) is 5.32 Å². The smallest absolute Gasteiger partial charge is 0.243 e. The van der Waals surface area contributed by atoms with Crippen molar-refractivity contribution in [3.8, 4) is 0 Å². The number of anilines is 1. The number of carbonyl (C=O) groups is 1. The molecular formula is C14H24ClN3OS. The van der Waals surface area contributed by atoms with Crippen LogP contribution in [-0.2, 0) is 17.6 Å². The van der Waals surface area contributed by atoms with E-state index in [0.29, 0.717) is 0 Å². The number of nitrogens with zero attached hydrogens (tertiary/aromatic N) is 1. The van der Waals surface area contributed by atoms with Gasteiger partial charge in [0.15, 0.2) is 5.13 Å². The summed E-state index contributed by atoms with van der Waals surface area (Å²) in [5.74, 6) is 0.666. The Hall–Kier alpha value is -0.650. The van der Waals surface area contributed by atoms with E-state index in [1.165, 1.54) is 23.4 Å². The van der Waals surface area contributed by atoms with E-state index in [2.05, 4.69) is 17.2 Å². The van der Waals surface area contributed by atoms with Gasteiger partial charge in [-0.25, -0.2) is 4.98 Å². The minimum absolute atomic E-state index is 0. The lowest BCUT2D eigenvalue weighted by atomic mass is 9.89. The lowest BCUT2D eigenvalue weighted by Crippen LogP contribution is -2.35. The van der Waals surface area contributed by atoms with Gasteiger partial charge >= 0.3 is 0 Å². The molecule has 114 valence electrons. The molecule has 2 unspecified atom stereocenters. The van der Waals surface area contributed by atoms with Gasteiger partial charge in [-0.15, -0.1) is 23.7 Å². The van der Waals surface area contributed by atoms with E-state index in [1.54, 1.807) is 11.3 Å². The highest BCUT2D eigenvalue weighted by Crippen LogP contribution is 2.33. The lowest BCUT2D eigenvalue weighted by molar-refractivity contribution is -0.117. The molecule has 0 aromatic carbocycles. The second-order valence-electron chi connectivity index (χ2n) is 5.29. The maximum Gasteiger partial charge on any atom is 0.243 e. The van der Waals surface area contributed by atoms with Gasteiger partial charge in [0.2, 0.25) is 5.91 Å². The van der Waals surface area contributed by atoms with Crippen LogP contribution in [0.25, 0.3) is 0 Å². The predicted octanol–water partition coefficient (Wildman–Crippen LogP) is 3.15. The SMILES string of the molecule is CCCC(N)C(=O)Nc1nc2c(s1)CC(CC)CC2.Cl. The van der Waals surface area contributed by atoms with Crippen molar-refractivity contribution in [3.05, 3.63) is 10.6 Å². The summed E-state index contributed by atoms with van der Waals surface area (Å²) in [5, 5.41) is 3.58. The highest BCUT2D eigenvalue weighted by Gasteiger charge is 2.22. The van der Waals surface area contributed by atoms with Crippen LogP contribution >= 0.6 is 23.7 Å². The zero-order valence-electron chi connectivity index (χ0n) is 12.1. The highest BCUT2D eigenvalue weighted by atomic mass is 35.5. The standard InChI is InChI=1S/C14H23N3OS.ClH/c1-3-5-10(15)13(18)17-14-16-11-7-6-9(4-2)8-12(11)19-14;/h9-10H,3-8,15H2,1-2H3,(H,16,17,18);1H. The third kappa shape index (κ3) is 4.17. The number of rotatable bonds is 5. The van der Waals surface area contributed by atoms with Gasteiger partial charge < -0.3 is 11.1 Å². The van der Waals surface area contributed by atoms with Crippen molar-refractivity contribution in [1.29, 1.82) is 0 Å². The van der Waals surface area contributed by atoms with Gasteiger partial charge in [-0.1, -0.05) is 26.7 Å². The summed E-state index contributed by atoms with van der Waals surface area (Å²) in [6.07, 6.45) is 6.23. The Balaban J connectivity index is 0.00000200. The summed E-state index contributed by atoms with van der Waals surface area (Å²) < 4.78 is 0. The minimum Gasteiger partial charge on any atom is -0.320 e. The summed E-state index contributed by atoms with van der Waals surface area (Å²) in [4.78, 5) is 17.7. The van der Waals surface area contributed by atoms with Crippen molar-refractivity contribution in [1.82, 2.24) is 4.98 Å². The van der Waals surface area contributed by atoms with Crippen LogP contribution in [0.3, 0.4) is 0 Å². The molecule has 0 spiro atoms. The average Bonchev–Trinajstić information content (AvgIpc) is 2.79. The van der Waals surface area contributed by atoms with Crippen molar-refractivity contribution in [3.63, 3.8) is 0 Å². The molecule has 20 heavy (non-hydrogen) atoms. The Labute approximate surface area is 131 Å². The summed E-state index contributed by atoms with van der Waals surface area (Å²) in [6, 6.07) is -0.422. The number of hydrogen-bond acceptors (Lipinski definition) is 4. The Bertz CT molecular complexity index is 450. The first-order chi connectivity index (χ1) is 9.13. The number of amides is 1. The molecule has 1 aliphatic carbocycles. The van der Waals surface area contributed by atoms with Gasteiger partial charge in [-0.05, 0) is 31.6 Å². The molecule has 0 aliphatic heterocycles. The molecule has 0 radical (unpaired) electrons. The maximum atomic E-state index is 11.9. The van der Waals surface area contributed by atoms with Crippen molar-refractivity contribution in [2.24, 2.45) is 11.7 Å². The molecule has 6 heteroatoms. The lowest BCUT2D eigenvalue weighted by Gasteiger charge is -2.18. The van der Waals surface area contributed by atoms with E-state index in [0.717, 1.165) is 36.7 Å². The fourth-order valence-corrected chi connectivity index (χ4v) is 3.61. The number of thiazole rings is 1. The van der Waals surface area contributed by atoms with Crippen molar-refractivity contribution >= 4 is 34.8 Å². The first-order valence-electron chi connectivity index (χ1n) is 7.19. The van der Waals surface area contributed by atoms with Crippen LogP contribution in [0.4, 0.5) is 5.13 Å². The van der Waals surface area contributed by atoms with Gasteiger partial charge in [0.25, 0.3) is 0 Å². The fourth-order valence-electron chi connectivity index (χ4n) is 2.49. The van der Waals surface area contributed by atoms with Gasteiger partial charge in [-0.3, -0.25) is 4.79 Å². The number of nitrogens with one attached hydrogen (secondary N) is 1. The molecule has 0 fully saturated rings. The van der Waals surface area contributed by atoms with Gasteiger partial charge in [-0.2, -0.15) is 0 Å². The minimum atomic E-state index is -0.422. The van der Waals surface area contributed by atoms with E-state index in [1.807, 2.05) is 6.92 Å². The Morgan fingerprint density at radius 2 is 2.30 bits per heavy atom. The summed E-state index contributed by atoms with van der Waals surface area (Å²) in [7, 11) is 0. The summed E-state index contributed by atoms with van der Waals surface area (Å²) in [5.41, 5.74) is 6.98. The van der Waals surface area contributed by atoms with Crippen LogP contribution in [0.2, 0.25) is 0 Å². The number of aryl methyl sites for hydroxylation is 1. The number of aromatic nitrogens is 1. The normalized spacial score (nSPS) is 18.9. The van der Waals surface area contributed by atoms with Crippen LogP contribution in [0.15, 0.2) is 0 Å². The van der Waals surface area contributed by atoms with Crippen molar-refractivity contribution < 1.29 is 4.79 Å². The van der Waals surface area contributed by atoms with Gasteiger partial charge in [0.1, 0.15) is 0 Å². The zero-order valence-corrected chi connectivity index (χ0v) is 13.8. The maximum absolute atomic E-state index is 11.9. The molecule has 1 amide bonds. The third-order valence-electron chi connectivity index (χ3n) is 3.79. The first kappa shape index (κ1) is 17.4. The molecule has 2 rings (SSSR count). The van der Waals surface area contributed by atoms with Crippen LogP contribution in [-0.4, -0.2) is 16.9 Å². The quantitative estimate of drug-likeness (QED) is 0.876. The third-order valence-corrected chi connectivity index (χ3v) is 4.82. The summed E-state index contributed by atoms with van der Waals surface area (Å²) in [6.45, 7) is 4.27. The zero-order chi connectivity index (χ0) is 13.8. The van der Waals surface area contributed by atoms with Gasteiger partial charge in [0.05, 0.1) is 11.7 Å². The second-order valence-corrected chi connectivity index (χ2v) is 6.37. The van der Waals surface area contributed by atoms with Crippen molar-refractivity contribution in [2.45, 2.75) is 58.4 Å². The van der Waals surface area contributed by atoms with E-state index in [9.17, 15) is 4.79 Å². The molecule has 2 atom stereocenters. The summed E-state index contributed by atoms with van der Waals surface area (Å²) >= 11 is 1.62. The van der Waals surface area contributed by atoms with E-state index in [-0.39, 0.29) is 18.3 Å². The Kier molecular flexibility index (Phi) is 6.92. The Morgan fingerprint density at radius 3 is 2.95 bits per heavy atom. The van der Waals surface area contributed by atoms with Crippen LogP contribution in [0.5, 0.6) is 0 Å². The molecule has 0 saturated heterocycles. The average molecular weight is 318 g/mol. The number of halogens is 1. The number of carbonyl (C=O) groups excluding carboxylic acids is 1. The molecule has 3 N–H and O–H groups in total. The molecule has 1 aliphatic rings. The van der Waals surface area contributed by atoms with E-state index in [4.69, 9.17) is 5.73 Å². The molecule has 1 heterocycles. The largest absolute Gasteiger partial charge is 0.320 e. The molecule has 0 saturated carbocycles. The topological polar surface area (TPSA) is 68.0 Å². The first-order valence-corrected chi connectivity index (χ1v) is 8.00. The van der Waals surface area contributed by atoms with Crippen LogP contribution in [0.1, 0.15) is 50.1 Å². The van der Waals surface area contributed by atoms with E-state index < -0.39 is 6.04 Å². The fraction of sp³-hybridized carbons (Fsp3) is 0.714. The molecule has 4 nitrogen and oxygen atoms in total. The molecule has 1 aromatic heterocycles. The molecule has 1 aromatic rings. The number of fused-ring (bicyclic) bond motifs is 1. The predicted molar refractivity (Wildman–Crippen MR) is 86.7 cm³/mol. The van der Waals surface area contributed by atoms with E-state index >= 15 is 0 Å². The van der Waals surface area contributed by atoms with Crippen LogP contribution < -0.4 is 11.1 Å². The number of nitrogens with two attached hydrogens (primary N) is 1. The molecule has 0 bridgehead atoms. The molecular weight excluding hydrogens is 294 g/mol. The van der Waals surface area contributed by atoms with Gasteiger partial charge in [0, 0.05) is 4.88 Å². The van der Waals surface area contributed by atoms with Crippen LogP contribution in [0, 0.1) is 5.92 Å².